The van der Waals surface area contributed by atoms with Gasteiger partial charge in [-0.3, -0.25) is 14.5 Å². The third-order valence-corrected chi connectivity index (χ3v) is 8.85. The highest BCUT2D eigenvalue weighted by molar-refractivity contribution is 9.10. The number of halogens is 4. The maximum atomic E-state index is 15.1. The van der Waals surface area contributed by atoms with Gasteiger partial charge in [0.05, 0.1) is 23.2 Å². The maximum Gasteiger partial charge on any atom is 0.328 e. The van der Waals surface area contributed by atoms with E-state index in [2.05, 4.69) is 35.9 Å². The van der Waals surface area contributed by atoms with Crippen molar-refractivity contribution in [1.29, 1.82) is 0 Å². The van der Waals surface area contributed by atoms with Gasteiger partial charge < -0.3 is 10.1 Å². The van der Waals surface area contributed by atoms with Crippen molar-refractivity contribution in [2.45, 2.75) is 17.4 Å². The van der Waals surface area contributed by atoms with Gasteiger partial charge in [0.1, 0.15) is 23.2 Å². The van der Waals surface area contributed by atoms with Crippen LogP contribution in [0.25, 0.3) is 22.0 Å². The van der Waals surface area contributed by atoms with Gasteiger partial charge in [0.25, 0.3) is 15.9 Å². The molecule has 5 rings (SSSR count). The lowest BCUT2D eigenvalue weighted by Gasteiger charge is -2.18. The number of aromatic nitrogens is 2. The molecule has 0 radical (unpaired) electrons. The number of carbonyl (C=O) groups is 2. The van der Waals surface area contributed by atoms with Crippen LogP contribution in [0.1, 0.15) is 15.9 Å². The fourth-order valence-electron chi connectivity index (χ4n) is 4.62. The van der Waals surface area contributed by atoms with E-state index in [1.54, 1.807) is 30.5 Å². The summed E-state index contributed by atoms with van der Waals surface area (Å²) in [4.78, 5) is 33.2. The molecule has 1 amide bonds. The molecular weight excluding hydrogens is 677 g/mol. The lowest BCUT2D eigenvalue weighted by molar-refractivity contribution is -0.142. The summed E-state index contributed by atoms with van der Waals surface area (Å²) in [6.07, 6.45) is 2.72. The zero-order valence-electron chi connectivity index (χ0n) is 23.2. The number of esters is 1. The zero-order valence-corrected chi connectivity index (χ0v) is 25.6. The fraction of sp³-hybridized carbons (Fsp3) is 0.0968. The average molecular weight is 700 g/mol. The minimum Gasteiger partial charge on any atom is -0.467 e. The zero-order chi connectivity index (χ0) is 32.3. The Bertz CT molecular complexity index is 2020. The molecule has 0 aliphatic carbocycles. The predicted octanol–water partition coefficient (Wildman–Crippen LogP) is 5.79. The number of benzene rings is 3. The van der Waals surface area contributed by atoms with Crippen LogP contribution in [0.4, 0.5) is 18.9 Å². The van der Waals surface area contributed by atoms with E-state index in [-0.39, 0.29) is 11.3 Å². The largest absolute Gasteiger partial charge is 0.467 e. The maximum absolute atomic E-state index is 15.1. The smallest absolute Gasteiger partial charge is 0.328 e. The first-order valence-electron chi connectivity index (χ1n) is 13.1. The van der Waals surface area contributed by atoms with Gasteiger partial charge in [-0.25, -0.2) is 27.0 Å². The average Bonchev–Trinajstić information content (AvgIpc) is 3.01. The molecule has 5 aromatic rings. The van der Waals surface area contributed by atoms with Crippen LogP contribution in [0.2, 0.25) is 0 Å². The Hall–Kier alpha value is -4.82. The first-order chi connectivity index (χ1) is 21.5. The molecule has 0 unspecified atom stereocenters. The second kappa shape index (κ2) is 13.0. The highest BCUT2D eigenvalue weighted by Crippen LogP contribution is 2.27. The molecule has 2 aromatic heterocycles. The van der Waals surface area contributed by atoms with E-state index in [1.165, 1.54) is 36.5 Å². The van der Waals surface area contributed by atoms with Crippen LogP contribution in [0.5, 0.6) is 0 Å². The minimum absolute atomic E-state index is 0.102. The molecular formula is C31H22BrF3N4O5S. The monoisotopic (exact) mass is 698 g/mol. The van der Waals surface area contributed by atoms with Gasteiger partial charge in [0.2, 0.25) is 5.95 Å². The van der Waals surface area contributed by atoms with Crippen molar-refractivity contribution >= 4 is 54.4 Å². The quantitative estimate of drug-likeness (QED) is 0.147. The van der Waals surface area contributed by atoms with Gasteiger partial charge in [-0.1, -0.05) is 40.2 Å². The first kappa shape index (κ1) is 31.6. The molecule has 0 saturated carbocycles. The van der Waals surface area contributed by atoms with Crippen LogP contribution in [0, 0.1) is 17.6 Å². The van der Waals surface area contributed by atoms with Crippen molar-refractivity contribution < 1.29 is 35.9 Å². The van der Waals surface area contributed by atoms with Gasteiger partial charge in [0.15, 0.2) is 0 Å². The Labute approximate surface area is 263 Å². The van der Waals surface area contributed by atoms with Gasteiger partial charge in [-0.05, 0) is 59.2 Å². The normalized spacial score (nSPS) is 12.0. The summed E-state index contributed by atoms with van der Waals surface area (Å²) >= 11 is 3.44. The van der Waals surface area contributed by atoms with Gasteiger partial charge in [-0.2, -0.15) is 4.39 Å². The molecule has 45 heavy (non-hydrogen) atoms. The number of fused-ring (bicyclic) bond motifs is 1. The first-order valence-corrected chi connectivity index (χ1v) is 15.4. The second-order valence-corrected chi connectivity index (χ2v) is 12.2. The Morgan fingerprint density at radius 1 is 0.911 bits per heavy atom. The van der Waals surface area contributed by atoms with Crippen molar-refractivity contribution in [3.8, 4) is 11.1 Å². The molecule has 1 atom stereocenters. The van der Waals surface area contributed by atoms with Crippen LogP contribution in [-0.4, -0.2) is 43.4 Å². The van der Waals surface area contributed by atoms with E-state index in [0.717, 1.165) is 17.0 Å². The van der Waals surface area contributed by atoms with E-state index >= 15 is 8.78 Å². The van der Waals surface area contributed by atoms with Crippen LogP contribution >= 0.6 is 15.9 Å². The molecule has 0 aliphatic rings. The molecule has 230 valence electrons. The molecule has 0 bridgehead atoms. The molecule has 0 saturated heterocycles. The Kier molecular flexibility index (Phi) is 9.16. The van der Waals surface area contributed by atoms with E-state index in [4.69, 9.17) is 4.74 Å². The summed E-state index contributed by atoms with van der Waals surface area (Å²) in [6, 6.07) is 15.0. The molecule has 2 heterocycles. The summed E-state index contributed by atoms with van der Waals surface area (Å²) in [6.45, 7) is 0. The Balaban J connectivity index is 1.35. The van der Waals surface area contributed by atoms with Crippen molar-refractivity contribution in [1.82, 2.24) is 15.3 Å². The van der Waals surface area contributed by atoms with Crippen LogP contribution in [-0.2, 0) is 26.0 Å². The SMILES string of the molecule is COC(=O)[C@H](Cc1ccc(Br)c2cccnc12)NC(=O)c1c(F)cc(NS(=O)(=O)c2ccc(-c3ccnc(F)c3)cc2)cc1F. The third kappa shape index (κ3) is 6.97. The van der Waals surface area contributed by atoms with Crippen molar-refractivity contribution in [3.05, 3.63) is 118 Å². The van der Waals surface area contributed by atoms with E-state index < -0.39 is 56.8 Å². The number of methoxy groups -OCH3 is 1. The van der Waals surface area contributed by atoms with E-state index in [0.29, 0.717) is 34.3 Å². The second-order valence-electron chi connectivity index (χ2n) is 9.67. The summed E-state index contributed by atoms with van der Waals surface area (Å²) in [7, 11) is -3.21. The molecule has 14 heteroatoms. The number of ether oxygens (including phenoxy) is 1. The highest BCUT2D eigenvalue weighted by Gasteiger charge is 2.28. The van der Waals surface area contributed by atoms with Crippen molar-refractivity contribution in [3.63, 3.8) is 0 Å². The number of hydrogen-bond acceptors (Lipinski definition) is 7. The standard InChI is InChI=1S/C31H22BrF3N4O5S/c1-44-31(41)26(13-19-6-9-23(32)22-3-2-11-37-29(19)22)38-30(40)28-24(33)15-20(16-25(28)34)39-45(42,43)21-7-4-17(5-8-21)18-10-12-36-27(35)14-18/h2-12,14-16,26,39H,13H2,1H3,(H,38,40)/t26-/m0/s1. The number of hydrogen-bond donors (Lipinski definition) is 2. The Morgan fingerprint density at radius 3 is 2.29 bits per heavy atom. The van der Waals surface area contributed by atoms with Crippen LogP contribution in [0.15, 0.2) is 94.6 Å². The fourth-order valence-corrected chi connectivity index (χ4v) is 6.11. The summed E-state index contributed by atoms with van der Waals surface area (Å²) in [5.74, 6) is -5.57. The van der Waals surface area contributed by atoms with Crippen LogP contribution < -0.4 is 10.0 Å². The van der Waals surface area contributed by atoms with Gasteiger partial charge in [0, 0.05) is 34.7 Å². The van der Waals surface area contributed by atoms with Crippen LogP contribution in [0.3, 0.4) is 0 Å². The van der Waals surface area contributed by atoms with Crippen molar-refractivity contribution in [2.24, 2.45) is 0 Å². The molecule has 0 fully saturated rings. The Morgan fingerprint density at radius 2 is 1.62 bits per heavy atom. The summed E-state index contributed by atoms with van der Waals surface area (Å²) in [5.41, 5.74) is 0.575. The molecule has 0 aliphatic heterocycles. The molecule has 2 N–H and O–H groups in total. The number of pyridine rings is 2. The topological polar surface area (TPSA) is 127 Å². The number of amides is 1. The summed E-state index contributed by atoms with van der Waals surface area (Å²) < 4.78 is 77.2. The predicted molar refractivity (Wildman–Crippen MR) is 163 cm³/mol. The number of anilines is 1. The highest BCUT2D eigenvalue weighted by atomic mass is 79.9. The molecule has 3 aromatic carbocycles. The van der Waals surface area contributed by atoms with Gasteiger partial charge >= 0.3 is 5.97 Å². The number of nitrogens with zero attached hydrogens (tertiary/aromatic N) is 2. The molecule has 9 nitrogen and oxygen atoms in total. The number of nitrogens with one attached hydrogen (secondary N) is 2. The van der Waals surface area contributed by atoms with E-state index in [1.807, 2.05) is 6.07 Å². The number of carbonyl (C=O) groups excluding carboxylic acids is 2. The van der Waals surface area contributed by atoms with Gasteiger partial charge in [-0.15, -0.1) is 0 Å². The van der Waals surface area contributed by atoms with E-state index in [9.17, 15) is 22.4 Å². The lowest BCUT2D eigenvalue weighted by atomic mass is 10.0. The molecule has 0 spiro atoms. The summed E-state index contributed by atoms with van der Waals surface area (Å²) in [5, 5.41) is 3.06. The van der Waals surface area contributed by atoms with Crippen molar-refractivity contribution in [2.75, 3.05) is 11.8 Å². The minimum atomic E-state index is -4.32. The lowest BCUT2D eigenvalue weighted by Crippen LogP contribution is -2.43. The third-order valence-electron chi connectivity index (χ3n) is 6.76. The number of rotatable bonds is 9. The number of sulfonamides is 1.